The smallest absolute Gasteiger partial charge is 0.250 e. The van der Waals surface area contributed by atoms with Crippen molar-refractivity contribution < 1.29 is 9.59 Å². The number of rotatable bonds is 7. The molecule has 7 heteroatoms. The van der Waals surface area contributed by atoms with Crippen LogP contribution in [0.4, 0.5) is 5.82 Å². The van der Waals surface area contributed by atoms with Gasteiger partial charge in [-0.2, -0.15) is 0 Å². The van der Waals surface area contributed by atoms with Gasteiger partial charge in [0.05, 0.1) is 11.1 Å². The van der Waals surface area contributed by atoms with Crippen molar-refractivity contribution in [1.82, 2.24) is 9.97 Å². The van der Waals surface area contributed by atoms with Crippen LogP contribution in [0.1, 0.15) is 31.8 Å². The van der Waals surface area contributed by atoms with Gasteiger partial charge in [0.2, 0.25) is 0 Å². The lowest BCUT2D eigenvalue weighted by molar-refractivity contribution is 0.0988. The molecular weight excluding hydrogens is 412 g/mol. The fourth-order valence-corrected chi connectivity index (χ4v) is 3.60. The summed E-state index contributed by atoms with van der Waals surface area (Å²) >= 11 is 5.99. The Morgan fingerprint density at radius 2 is 1.71 bits per heavy atom. The first-order chi connectivity index (χ1) is 15.0. The number of ketones is 1. The van der Waals surface area contributed by atoms with Crippen molar-refractivity contribution in [2.24, 2.45) is 5.73 Å². The number of amides is 1. The van der Waals surface area contributed by atoms with Crippen LogP contribution in [0.2, 0.25) is 5.02 Å². The lowest BCUT2D eigenvalue weighted by atomic mass is 10.0. The Morgan fingerprint density at radius 1 is 0.935 bits per heavy atom. The Labute approximate surface area is 184 Å². The maximum absolute atomic E-state index is 12.6. The number of nitrogens with two attached hydrogens (primary N) is 1. The van der Waals surface area contributed by atoms with E-state index in [1.54, 1.807) is 36.4 Å². The van der Waals surface area contributed by atoms with Gasteiger partial charge in [-0.25, -0.2) is 9.97 Å². The fourth-order valence-electron chi connectivity index (χ4n) is 3.41. The molecule has 0 saturated carbocycles. The van der Waals surface area contributed by atoms with Crippen LogP contribution in [0.25, 0.3) is 10.9 Å². The van der Waals surface area contributed by atoms with Gasteiger partial charge in [-0.15, -0.1) is 0 Å². The van der Waals surface area contributed by atoms with Gasteiger partial charge >= 0.3 is 0 Å². The van der Waals surface area contributed by atoms with Crippen molar-refractivity contribution in [3.8, 4) is 0 Å². The monoisotopic (exact) mass is 430 g/mol. The second kappa shape index (κ2) is 8.93. The molecular formula is C24H19ClN4O2. The molecule has 0 fully saturated rings. The minimum absolute atomic E-state index is 0.00776. The Kier molecular flexibility index (Phi) is 5.91. The highest BCUT2D eigenvalue weighted by molar-refractivity contribution is 6.31. The number of anilines is 1. The van der Waals surface area contributed by atoms with Crippen LogP contribution < -0.4 is 11.1 Å². The summed E-state index contributed by atoms with van der Waals surface area (Å²) in [6, 6.07) is 20.0. The molecule has 0 radical (unpaired) electrons. The van der Waals surface area contributed by atoms with Gasteiger partial charge in [0.1, 0.15) is 12.1 Å². The number of nitrogens with zero attached hydrogens (tertiary/aromatic N) is 2. The maximum atomic E-state index is 12.6. The Balaban J connectivity index is 1.51. The van der Waals surface area contributed by atoms with Crippen molar-refractivity contribution in [3.63, 3.8) is 0 Å². The highest BCUT2D eigenvalue weighted by Gasteiger charge is 2.12. The number of Topliss-reactive ketones (excluding diaryl/α,β-unsaturated/α-hetero) is 1. The van der Waals surface area contributed by atoms with Crippen LogP contribution in [0, 0.1) is 0 Å². The number of para-hydroxylation sites is 1. The van der Waals surface area contributed by atoms with E-state index in [4.69, 9.17) is 17.3 Å². The van der Waals surface area contributed by atoms with E-state index in [9.17, 15) is 9.59 Å². The second-order valence-corrected chi connectivity index (χ2v) is 7.51. The second-order valence-electron chi connectivity index (χ2n) is 7.07. The summed E-state index contributed by atoms with van der Waals surface area (Å²) in [6.45, 7) is 0.492. The summed E-state index contributed by atoms with van der Waals surface area (Å²) in [4.78, 5) is 32.7. The number of halogens is 1. The van der Waals surface area contributed by atoms with Gasteiger partial charge < -0.3 is 11.1 Å². The molecule has 4 rings (SSSR count). The minimum Gasteiger partial charge on any atom is -0.366 e. The van der Waals surface area contributed by atoms with Crippen LogP contribution in [0.5, 0.6) is 0 Å². The summed E-state index contributed by atoms with van der Waals surface area (Å²) in [5.41, 5.74) is 8.80. The number of carbonyl (C=O) groups is 2. The Bertz CT molecular complexity index is 1290. The van der Waals surface area contributed by atoms with E-state index in [1.165, 1.54) is 6.33 Å². The van der Waals surface area contributed by atoms with E-state index in [-0.39, 0.29) is 12.2 Å². The summed E-state index contributed by atoms with van der Waals surface area (Å²) in [5.74, 6) is 0.0780. The molecule has 1 heterocycles. The topological polar surface area (TPSA) is 98.0 Å². The van der Waals surface area contributed by atoms with Gasteiger partial charge in [0, 0.05) is 28.9 Å². The van der Waals surface area contributed by atoms with E-state index < -0.39 is 5.91 Å². The van der Waals surface area contributed by atoms with E-state index in [2.05, 4.69) is 15.3 Å². The van der Waals surface area contributed by atoms with Gasteiger partial charge in [-0.3, -0.25) is 9.59 Å². The molecule has 4 aromatic rings. The van der Waals surface area contributed by atoms with Crippen molar-refractivity contribution >= 4 is 40.0 Å². The van der Waals surface area contributed by atoms with E-state index >= 15 is 0 Å². The number of hydrogen-bond acceptors (Lipinski definition) is 5. The number of benzene rings is 3. The average molecular weight is 431 g/mol. The number of hydrogen-bond donors (Lipinski definition) is 2. The zero-order chi connectivity index (χ0) is 21.8. The predicted molar refractivity (Wildman–Crippen MR) is 121 cm³/mol. The fraction of sp³-hybridized carbons (Fsp3) is 0.0833. The largest absolute Gasteiger partial charge is 0.366 e. The third-order valence-electron chi connectivity index (χ3n) is 4.89. The lowest BCUT2D eigenvalue weighted by Crippen LogP contribution is -2.12. The molecule has 0 unspecified atom stereocenters. The molecule has 1 aromatic heterocycles. The third-order valence-corrected chi connectivity index (χ3v) is 5.13. The molecule has 31 heavy (non-hydrogen) atoms. The first kappa shape index (κ1) is 20.5. The molecule has 3 N–H and O–H groups in total. The average Bonchev–Trinajstić information content (AvgIpc) is 2.77. The lowest BCUT2D eigenvalue weighted by Gasteiger charge is -2.10. The van der Waals surface area contributed by atoms with Crippen molar-refractivity contribution in [2.75, 3.05) is 5.32 Å². The van der Waals surface area contributed by atoms with Crippen LogP contribution in [0.3, 0.4) is 0 Å². The normalized spacial score (nSPS) is 10.7. The maximum Gasteiger partial charge on any atom is 0.250 e. The molecule has 0 bridgehead atoms. The molecule has 154 valence electrons. The molecule has 1 amide bonds. The van der Waals surface area contributed by atoms with Gasteiger partial charge in [0.15, 0.2) is 5.78 Å². The summed E-state index contributed by atoms with van der Waals surface area (Å²) in [5, 5.41) is 4.54. The van der Waals surface area contributed by atoms with Crippen LogP contribution >= 0.6 is 11.6 Å². The predicted octanol–water partition coefficient (Wildman–Crippen LogP) is 4.42. The van der Waals surface area contributed by atoms with Gasteiger partial charge in [-0.1, -0.05) is 54.1 Å². The van der Waals surface area contributed by atoms with Gasteiger partial charge in [-0.05, 0) is 35.4 Å². The van der Waals surface area contributed by atoms with Gasteiger partial charge in [0.25, 0.3) is 5.91 Å². The molecule has 0 aliphatic heterocycles. The Hall–Kier alpha value is -3.77. The third kappa shape index (κ3) is 4.70. The number of primary amides is 1. The molecule has 0 saturated heterocycles. The molecule has 0 spiro atoms. The summed E-state index contributed by atoms with van der Waals surface area (Å²) < 4.78 is 0. The quantitative estimate of drug-likeness (QED) is 0.423. The van der Waals surface area contributed by atoms with Crippen molar-refractivity contribution in [3.05, 3.63) is 100 Å². The van der Waals surface area contributed by atoms with Crippen molar-refractivity contribution in [2.45, 2.75) is 13.0 Å². The first-order valence-electron chi connectivity index (χ1n) is 9.65. The zero-order valence-electron chi connectivity index (χ0n) is 16.5. The molecule has 0 aliphatic rings. The van der Waals surface area contributed by atoms with Crippen LogP contribution in [-0.2, 0) is 13.0 Å². The minimum atomic E-state index is -0.535. The van der Waals surface area contributed by atoms with Crippen molar-refractivity contribution in [1.29, 1.82) is 0 Å². The highest BCUT2D eigenvalue weighted by Crippen LogP contribution is 2.23. The summed E-state index contributed by atoms with van der Waals surface area (Å²) in [7, 11) is 0. The molecule has 0 aliphatic carbocycles. The van der Waals surface area contributed by atoms with E-state index in [0.717, 1.165) is 11.1 Å². The summed E-state index contributed by atoms with van der Waals surface area (Å²) in [6.07, 6.45) is 1.68. The molecule has 6 nitrogen and oxygen atoms in total. The SMILES string of the molecule is NC(=O)c1cccc2c(NCc3cccc(CC(=O)c4cccc(Cl)c4)c3)ncnc12. The molecule has 3 aromatic carbocycles. The van der Waals surface area contributed by atoms with Crippen LogP contribution in [0.15, 0.2) is 73.1 Å². The van der Waals surface area contributed by atoms with E-state index in [0.29, 0.717) is 39.4 Å². The van der Waals surface area contributed by atoms with E-state index in [1.807, 2.05) is 30.3 Å². The first-order valence-corrected chi connectivity index (χ1v) is 10.0. The number of aromatic nitrogens is 2. The van der Waals surface area contributed by atoms with Crippen LogP contribution in [-0.4, -0.2) is 21.7 Å². The zero-order valence-corrected chi connectivity index (χ0v) is 17.3. The molecule has 0 atom stereocenters. The number of carbonyl (C=O) groups excluding carboxylic acids is 2. The number of fused-ring (bicyclic) bond motifs is 1. The number of nitrogens with one attached hydrogen (secondary N) is 1. The highest BCUT2D eigenvalue weighted by atomic mass is 35.5. The standard InChI is InChI=1S/C24H19ClN4O2/c25-18-7-2-6-17(12-18)21(30)11-15-4-1-5-16(10-15)13-27-24-20-9-3-8-19(23(26)31)22(20)28-14-29-24/h1-10,12,14H,11,13H2,(H2,26,31)(H,27,28,29). The Morgan fingerprint density at radius 3 is 2.52 bits per heavy atom.